The van der Waals surface area contributed by atoms with E-state index < -0.39 is 30.0 Å². The van der Waals surface area contributed by atoms with Gasteiger partial charge in [-0.05, 0) is 36.4 Å². The van der Waals surface area contributed by atoms with Crippen LogP contribution >= 0.6 is 11.6 Å². The predicted molar refractivity (Wildman–Crippen MR) is 117 cm³/mol. The number of nitrogens with zero attached hydrogens (tertiary/aromatic N) is 2. The first kappa shape index (κ1) is 21.3. The van der Waals surface area contributed by atoms with Crippen molar-refractivity contribution in [1.82, 2.24) is 10.0 Å². The van der Waals surface area contributed by atoms with Crippen LogP contribution in [0, 0.1) is 0 Å². The number of Topliss-reactive ketones (excluding diaryl/α,β-unsaturated/α-hetero) is 1. The van der Waals surface area contributed by atoms with Gasteiger partial charge in [0.1, 0.15) is 12.3 Å². The molecule has 0 aromatic heterocycles. The van der Waals surface area contributed by atoms with Crippen molar-refractivity contribution in [3.8, 4) is 5.75 Å². The van der Waals surface area contributed by atoms with E-state index in [0.29, 0.717) is 10.8 Å². The molecule has 7 nitrogen and oxygen atoms in total. The minimum absolute atomic E-state index is 0.0594. The molecule has 1 aliphatic rings. The molecular formula is C24H17ClN2O5. The van der Waals surface area contributed by atoms with Crippen molar-refractivity contribution in [2.75, 3.05) is 13.7 Å². The molecule has 0 bridgehead atoms. The summed E-state index contributed by atoms with van der Waals surface area (Å²) in [6.07, 6.45) is 0. The Morgan fingerprint density at radius 1 is 0.906 bits per heavy atom. The van der Waals surface area contributed by atoms with E-state index in [1.54, 1.807) is 42.5 Å². The van der Waals surface area contributed by atoms with Crippen LogP contribution in [0.4, 0.5) is 0 Å². The molecule has 0 saturated carbocycles. The number of hydrazine groups is 1. The van der Waals surface area contributed by atoms with E-state index in [4.69, 9.17) is 16.3 Å². The fourth-order valence-electron chi connectivity index (χ4n) is 3.43. The third-order valence-electron chi connectivity index (χ3n) is 5.04. The van der Waals surface area contributed by atoms with Gasteiger partial charge in [-0.1, -0.05) is 48.0 Å². The average Bonchev–Trinajstić information content (AvgIpc) is 3.07. The fourth-order valence-corrected chi connectivity index (χ4v) is 3.64. The van der Waals surface area contributed by atoms with Crippen molar-refractivity contribution in [2.45, 2.75) is 0 Å². The number of ketones is 1. The monoisotopic (exact) mass is 448 g/mol. The number of rotatable bonds is 6. The number of imide groups is 1. The van der Waals surface area contributed by atoms with Crippen LogP contribution in [0.5, 0.6) is 5.75 Å². The molecule has 4 rings (SSSR count). The lowest BCUT2D eigenvalue weighted by molar-refractivity contribution is 0.00531. The number of carbonyl (C=O) groups excluding carboxylic acids is 4. The minimum Gasteiger partial charge on any atom is -0.497 e. The van der Waals surface area contributed by atoms with Crippen molar-refractivity contribution < 1.29 is 23.9 Å². The second-order valence-corrected chi connectivity index (χ2v) is 7.37. The molecule has 1 aliphatic heterocycles. The molecule has 8 heteroatoms. The zero-order valence-corrected chi connectivity index (χ0v) is 17.7. The molecule has 0 radical (unpaired) electrons. The second-order valence-electron chi connectivity index (χ2n) is 6.97. The van der Waals surface area contributed by atoms with E-state index in [9.17, 15) is 19.2 Å². The molecule has 160 valence electrons. The maximum atomic E-state index is 13.4. The summed E-state index contributed by atoms with van der Waals surface area (Å²) in [5, 5.41) is 1.68. The second kappa shape index (κ2) is 8.64. The Morgan fingerprint density at radius 2 is 1.53 bits per heavy atom. The van der Waals surface area contributed by atoms with Crippen LogP contribution in [0.25, 0.3) is 0 Å². The molecule has 0 spiro atoms. The number of hydrogen-bond acceptors (Lipinski definition) is 5. The van der Waals surface area contributed by atoms with Crippen molar-refractivity contribution in [3.63, 3.8) is 0 Å². The highest BCUT2D eigenvalue weighted by molar-refractivity contribution is 6.34. The zero-order valence-electron chi connectivity index (χ0n) is 16.9. The molecular weight excluding hydrogens is 432 g/mol. The fraction of sp³-hybridized carbons (Fsp3) is 0.0833. The number of fused-ring (bicyclic) bond motifs is 1. The summed E-state index contributed by atoms with van der Waals surface area (Å²) >= 11 is 6.19. The third-order valence-corrected chi connectivity index (χ3v) is 5.37. The highest BCUT2D eigenvalue weighted by Crippen LogP contribution is 2.27. The Bertz CT molecular complexity index is 1220. The van der Waals surface area contributed by atoms with Gasteiger partial charge in [-0.15, -0.1) is 0 Å². The normalized spacial score (nSPS) is 12.5. The Morgan fingerprint density at radius 3 is 2.16 bits per heavy atom. The van der Waals surface area contributed by atoms with Crippen molar-refractivity contribution in [1.29, 1.82) is 0 Å². The molecule has 3 aromatic rings. The molecule has 0 atom stereocenters. The van der Waals surface area contributed by atoms with Crippen molar-refractivity contribution in [3.05, 3.63) is 100 Å². The van der Waals surface area contributed by atoms with Gasteiger partial charge in [0.05, 0.1) is 28.8 Å². The van der Waals surface area contributed by atoms with Gasteiger partial charge in [0.25, 0.3) is 17.7 Å². The van der Waals surface area contributed by atoms with Crippen LogP contribution in [-0.2, 0) is 0 Å². The maximum Gasteiger partial charge on any atom is 0.280 e. The Balaban J connectivity index is 1.75. The SMILES string of the molecule is COc1cccc(C(=O)CN(C(=O)c2ccccc2Cl)N2C(=O)c3ccccc3C2=O)c1. The first-order chi connectivity index (χ1) is 15.4. The largest absolute Gasteiger partial charge is 0.497 e. The van der Waals surface area contributed by atoms with Crippen LogP contribution in [-0.4, -0.2) is 47.2 Å². The van der Waals surface area contributed by atoms with Gasteiger partial charge < -0.3 is 4.74 Å². The number of methoxy groups -OCH3 is 1. The Kier molecular flexibility index (Phi) is 5.75. The van der Waals surface area contributed by atoms with E-state index >= 15 is 0 Å². The van der Waals surface area contributed by atoms with Gasteiger partial charge >= 0.3 is 0 Å². The highest BCUT2D eigenvalue weighted by atomic mass is 35.5. The highest BCUT2D eigenvalue weighted by Gasteiger charge is 2.42. The van der Waals surface area contributed by atoms with Gasteiger partial charge in [-0.3, -0.25) is 19.2 Å². The summed E-state index contributed by atoms with van der Waals surface area (Å²) < 4.78 is 5.15. The molecule has 32 heavy (non-hydrogen) atoms. The van der Waals surface area contributed by atoms with E-state index in [1.807, 2.05) is 0 Å². The first-order valence-electron chi connectivity index (χ1n) is 9.63. The van der Waals surface area contributed by atoms with Crippen LogP contribution < -0.4 is 4.74 Å². The van der Waals surface area contributed by atoms with Crippen LogP contribution in [0.3, 0.4) is 0 Å². The van der Waals surface area contributed by atoms with Gasteiger partial charge in [0, 0.05) is 5.56 Å². The maximum absolute atomic E-state index is 13.4. The lowest BCUT2D eigenvalue weighted by atomic mass is 10.1. The van der Waals surface area contributed by atoms with E-state index in [1.165, 1.54) is 37.4 Å². The number of amides is 3. The van der Waals surface area contributed by atoms with Gasteiger partial charge in [0.2, 0.25) is 0 Å². The summed E-state index contributed by atoms with van der Waals surface area (Å²) in [5.74, 6) is -2.16. The molecule has 3 amide bonds. The van der Waals surface area contributed by atoms with Gasteiger partial charge in [0.15, 0.2) is 5.78 Å². The van der Waals surface area contributed by atoms with Crippen molar-refractivity contribution >= 4 is 35.1 Å². The molecule has 1 heterocycles. The van der Waals surface area contributed by atoms with Crippen molar-refractivity contribution in [2.24, 2.45) is 0 Å². The lowest BCUT2D eigenvalue weighted by Gasteiger charge is -2.29. The van der Waals surface area contributed by atoms with E-state index in [-0.39, 0.29) is 27.3 Å². The quantitative estimate of drug-likeness (QED) is 0.422. The summed E-state index contributed by atoms with van der Waals surface area (Å²) in [6, 6.07) is 18.8. The molecule has 0 saturated heterocycles. The predicted octanol–water partition coefficient (Wildman–Crippen LogP) is 3.88. The number of hydrogen-bond donors (Lipinski definition) is 0. The molecule has 0 unspecified atom stereocenters. The van der Waals surface area contributed by atoms with Gasteiger partial charge in [-0.2, -0.15) is 5.01 Å². The molecule has 0 aliphatic carbocycles. The third kappa shape index (κ3) is 3.74. The van der Waals surface area contributed by atoms with Crippen LogP contribution in [0.2, 0.25) is 5.02 Å². The summed E-state index contributed by atoms with van der Waals surface area (Å²) in [7, 11) is 1.47. The smallest absolute Gasteiger partial charge is 0.280 e. The lowest BCUT2D eigenvalue weighted by Crippen LogP contribution is -2.51. The number of carbonyl (C=O) groups is 4. The average molecular weight is 449 g/mol. The Hall–Kier alpha value is -3.97. The minimum atomic E-state index is -0.749. The first-order valence-corrected chi connectivity index (χ1v) is 10.0. The molecule has 0 N–H and O–H groups in total. The topological polar surface area (TPSA) is 84.0 Å². The Labute approximate surface area is 188 Å². The van der Waals surface area contributed by atoms with E-state index in [2.05, 4.69) is 0 Å². The number of benzene rings is 3. The molecule has 3 aromatic carbocycles. The van der Waals surface area contributed by atoms with Gasteiger partial charge in [-0.25, -0.2) is 5.01 Å². The standard InChI is InChI=1S/C24H17ClN2O5/c1-32-16-8-6-7-15(13-16)21(28)14-26(22(29)19-11-4-5-12-20(19)25)27-23(30)17-9-2-3-10-18(17)24(27)31/h2-13H,14H2,1H3. The van der Waals surface area contributed by atoms with Crippen LogP contribution in [0.15, 0.2) is 72.8 Å². The van der Waals surface area contributed by atoms with Crippen LogP contribution in [0.1, 0.15) is 41.4 Å². The summed E-state index contributed by atoms with van der Waals surface area (Å²) in [6.45, 7) is -0.553. The summed E-state index contributed by atoms with van der Waals surface area (Å²) in [5.41, 5.74) is 0.633. The zero-order chi connectivity index (χ0) is 22.8. The number of ether oxygens (including phenoxy) is 1. The van der Waals surface area contributed by atoms with E-state index in [0.717, 1.165) is 5.01 Å². The summed E-state index contributed by atoms with van der Waals surface area (Å²) in [4.78, 5) is 52.5. The number of halogens is 1. The molecule has 0 fully saturated rings.